The molecule has 166 valence electrons. The van der Waals surface area contributed by atoms with Crippen LogP contribution in [0.2, 0.25) is 0 Å². The van der Waals surface area contributed by atoms with Crippen LogP contribution in [0.3, 0.4) is 0 Å². The van der Waals surface area contributed by atoms with E-state index in [2.05, 4.69) is 26.1 Å². The second-order valence-corrected chi connectivity index (χ2v) is 8.67. The maximum atomic E-state index is 13.2. The highest BCUT2D eigenvalue weighted by Crippen LogP contribution is 2.41. The second kappa shape index (κ2) is 10.6. The molecule has 3 rings (SSSR count). The van der Waals surface area contributed by atoms with Gasteiger partial charge in [-0.3, -0.25) is 9.59 Å². The van der Waals surface area contributed by atoms with Crippen molar-refractivity contribution in [2.45, 2.75) is 59.0 Å². The predicted octanol–water partition coefficient (Wildman–Crippen LogP) is 5.43. The van der Waals surface area contributed by atoms with Crippen LogP contribution in [0, 0.1) is 5.92 Å². The van der Waals surface area contributed by atoms with E-state index in [1.54, 1.807) is 11.9 Å². The summed E-state index contributed by atoms with van der Waals surface area (Å²) in [7, 11) is 1.79. The highest BCUT2D eigenvalue weighted by atomic mass is 16.5. The summed E-state index contributed by atoms with van der Waals surface area (Å²) in [5.41, 5.74) is 4.35. The molecular weight excluding hydrogens is 388 g/mol. The highest BCUT2D eigenvalue weighted by molar-refractivity contribution is 6.07. The molecule has 1 heterocycles. The van der Waals surface area contributed by atoms with E-state index in [1.165, 1.54) is 0 Å². The number of carbonyl (C=O) groups is 2. The van der Waals surface area contributed by atoms with Gasteiger partial charge in [0.25, 0.3) is 5.91 Å². The molecule has 0 saturated heterocycles. The lowest BCUT2D eigenvalue weighted by atomic mass is 9.96. The molecule has 1 aliphatic heterocycles. The maximum Gasteiger partial charge on any atom is 0.253 e. The summed E-state index contributed by atoms with van der Waals surface area (Å²) in [5, 5.41) is 3.12. The molecule has 5 nitrogen and oxygen atoms in total. The number of likely N-dealkylation sites (N-methyl/N-ethyl adjacent to an activating group) is 1. The van der Waals surface area contributed by atoms with Crippen LogP contribution in [-0.4, -0.2) is 31.6 Å². The molecule has 0 spiro atoms. The van der Waals surface area contributed by atoms with Crippen LogP contribution in [0.4, 0.5) is 11.4 Å². The Labute approximate surface area is 185 Å². The minimum atomic E-state index is -0.493. The molecule has 1 atom stereocenters. The molecule has 0 radical (unpaired) electrons. The van der Waals surface area contributed by atoms with E-state index in [0.717, 1.165) is 41.6 Å². The van der Waals surface area contributed by atoms with Gasteiger partial charge in [-0.05, 0) is 42.0 Å². The lowest BCUT2D eigenvalue weighted by Crippen LogP contribution is -2.32. The van der Waals surface area contributed by atoms with Crippen molar-refractivity contribution in [1.29, 1.82) is 0 Å². The van der Waals surface area contributed by atoms with Crippen molar-refractivity contribution >= 4 is 23.2 Å². The lowest BCUT2D eigenvalue weighted by molar-refractivity contribution is -0.128. The molecule has 0 aromatic heterocycles. The summed E-state index contributed by atoms with van der Waals surface area (Å²) in [5.74, 6) is 0.250. The third kappa shape index (κ3) is 5.53. The number of nitrogens with zero attached hydrogens (tertiary/aromatic N) is 1. The first-order chi connectivity index (χ1) is 14.9. The van der Waals surface area contributed by atoms with Crippen molar-refractivity contribution in [3.63, 3.8) is 0 Å². The number of benzene rings is 2. The van der Waals surface area contributed by atoms with Gasteiger partial charge < -0.3 is 15.0 Å². The number of anilines is 2. The fourth-order valence-electron chi connectivity index (χ4n) is 4.01. The normalized spacial score (nSPS) is 14.1. The summed E-state index contributed by atoms with van der Waals surface area (Å²) in [6, 6.07) is 13.6. The van der Waals surface area contributed by atoms with Crippen LogP contribution in [0.15, 0.2) is 42.5 Å². The van der Waals surface area contributed by atoms with Crippen molar-refractivity contribution < 1.29 is 14.3 Å². The first-order valence-electron chi connectivity index (χ1n) is 11.3. The number of unbranched alkanes of at least 4 members (excludes halogenated alkanes) is 2. The molecule has 0 bridgehead atoms. The summed E-state index contributed by atoms with van der Waals surface area (Å²) >= 11 is 0. The maximum absolute atomic E-state index is 13.2. The molecule has 0 aliphatic carbocycles. The lowest BCUT2D eigenvalue weighted by Gasteiger charge is -2.23. The third-order valence-electron chi connectivity index (χ3n) is 5.71. The molecule has 0 unspecified atom stereocenters. The molecule has 0 saturated carbocycles. The fourth-order valence-corrected chi connectivity index (χ4v) is 4.01. The molecule has 31 heavy (non-hydrogen) atoms. The summed E-state index contributed by atoms with van der Waals surface area (Å²) in [4.78, 5) is 27.6. The average Bonchev–Trinajstić information content (AvgIpc) is 2.85. The minimum Gasteiger partial charge on any atom is -0.368 e. The van der Waals surface area contributed by atoms with Gasteiger partial charge in [0.05, 0.1) is 17.8 Å². The SMILES string of the molecule is CCCCCO[C@@H](CC(C)C)C(=O)Nc1cccc2c1-c1ccccc1CC(=O)N2C. The Bertz CT molecular complexity index is 923. The number of carbonyl (C=O) groups excluding carboxylic acids is 2. The van der Waals surface area contributed by atoms with Crippen molar-refractivity contribution in [3.05, 3.63) is 48.0 Å². The van der Waals surface area contributed by atoms with Crippen LogP contribution < -0.4 is 10.2 Å². The Balaban J connectivity index is 1.92. The molecule has 2 aromatic carbocycles. The molecule has 2 aromatic rings. The monoisotopic (exact) mass is 422 g/mol. The summed E-state index contributed by atoms with van der Waals surface area (Å²) in [6.07, 6.45) is 3.69. The number of rotatable bonds is 9. The summed E-state index contributed by atoms with van der Waals surface area (Å²) in [6.45, 7) is 6.94. The van der Waals surface area contributed by atoms with Gasteiger partial charge in [0.2, 0.25) is 5.91 Å². The number of nitrogens with one attached hydrogen (secondary N) is 1. The quantitative estimate of drug-likeness (QED) is 0.548. The van der Waals surface area contributed by atoms with E-state index in [-0.39, 0.29) is 11.8 Å². The number of fused-ring (bicyclic) bond motifs is 3. The van der Waals surface area contributed by atoms with Crippen molar-refractivity contribution in [2.24, 2.45) is 5.92 Å². The van der Waals surface area contributed by atoms with Crippen LogP contribution in [0.1, 0.15) is 52.0 Å². The minimum absolute atomic E-state index is 0.0339. The second-order valence-electron chi connectivity index (χ2n) is 8.67. The average molecular weight is 423 g/mol. The van der Waals surface area contributed by atoms with Crippen molar-refractivity contribution in [3.8, 4) is 11.1 Å². The van der Waals surface area contributed by atoms with Gasteiger partial charge in [-0.25, -0.2) is 0 Å². The number of hydrogen-bond donors (Lipinski definition) is 1. The Kier molecular flexibility index (Phi) is 7.85. The van der Waals surface area contributed by atoms with Gasteiger partial charge in [0.1, 0.15) is 6.10 Å². The van der Waals surface area contributed by atoms with Gasteiger partial charge in [0.15, 0.2) is 0 Å². The number of ether oxygens (including phenoxy) is 1. The Morgan fingerprint density at radius 3 is 2.65 bits per heavy atom. The fraction of sp³-hybridized carbons (Fsp3) is 0.462. The van der Waals surface area contributed by atoms with Gasteiger partial charge in [-0.15, -0.1) is 0 Å². The van der Waals surface area contributed by atoms with Crippen LogP contribution in [0.25, 0.3) is 11.1 Å². The molecule has 0 fully saturated rings. The smallest absolute Gasteiger partial charge is 0.253 e. The zero-order chi connectivity index (χ0) is 22.4. The largest absolute Gasteiger partial charge is 0.368 e. The van der Waals surface area contributed by atoms with Crippen molar-refractivity contribution in [2.75, 3.05) is 23.9 Å². The first kappa shape index (κ1) is 23.0. The molecule has 2 amide bonds. The summed E-state index contributed by atoms with van der Waals surface area (Å²) < 4.78 is 5.99. The van der Waals surface area contributed by atoms with Gasteiger partial charge >= 0.3 is 0 Å². The van der Waals surface area contributed by atoms with Crippen LogP contribution in [0.5, 0.6) is 0 Å². The van der Waals surface area contributed by atoms with E-state index in [1.807, 2.05) is 42.5 Å². The Morgan fingerprint density at radius 1 is 1.13 bits per heavy atom. The van der Waals surface area contributed by atoms with Gasteiger partial charge in [-0.2, -0.15) is 0 Å². The van der Waals surface area contributed by atoms with Crippen molar-refractivity contribution in [1.82, 2.24) is 0 Å². The molecule has 5 heteroatoms. The number of hydrogen-bond acceptors (Lipinski definition) is 3. The van der Waals surface area contributed by atoms with E-state index < -0.39 is 6.10 Å². The molecule has 1 aliphatic rings. The number of amides is 2. The van der Waals surface area contributed by atoms with E-state index in [9.17, 15) is 9.59 Å². The van der Waals surface area contributed by atoms with Gasteiger partial charge in [0, 0.05) is 19.2 Å². The Morgan fingerprint density at radius 2 is 1.90 bits per heavy atom. The first-order valence-corrected chi connectivity index (χ1v) is 11.3. The third-order valence-corrected chi connectivity index (χ3v) is 5.71. The predicted molar refractivity (Wildman–Crippen MR) is 126 cm³/mol. The van der Waals surface area contributed by atoms with Crippen LogP contribution >= 0.6 is 0 Å². The van der Waals surface area contributed by atoms with E-state index in [4.69, 9.17) is 4.74 Å². The standard InChI is InChI=1S/C26H34N2O3/c1-5-6-9-15-31-23(16-18(2)3)26(30)27-21-13-10-14-22-25(21)20-12-8-7-11-19(20)17-24(29)28(22)4/h7-8,10-14,18,23H,5-6,9,15-17H2,1-4H3,(H,27,30)/t23-/m0/s1. The van der Waals surface area contributed by atoms with E-state index in [0.29, 0.717) is 31.1 Å². The zero-order valence-corrected chi connectivity index (χ0v) is 19.1. The topological polar surface area (TPSA) is 58.6 Å². The van der Waals surface area contributed by atoms with E-state index >= 15 is 0 Å². The Hall–Kier alpha value is -2.66. The molecular formula is C26H34N2O3. The molecule has 1 N–H and O–H groups in total. The highest BCUT2D eigenvalue weighted by Gasteiger charge is 2.27. The van der Waals surface area contributed by atoms with Gasteiger partial charge in [-0.1, -0.05) is 63.9 Å². The zero-order valence-electron chi connectivity index (χ0n) is 19.1. The van der Waals surface area contributed by atoms with Crippen LogP contribution in [-0.2, 0) is 20.7 Å².